The molecular weight excluding hydrogens is 483 g/mol. The summed E-state index contributed by atoms with van der Waals surface area (Å²) in [6.07, 6.45) is -0.227. The lowest BCUT2D eigenvalue weighted by molar-refractivity contribution is -0.147. The number of benzene rings is 2. The monoisotopic (exact) mass is 500 g/mol. The Kier molecular flexibility index (Phi) is 8.49. The molecule has 2 amide bonds. The Morgan fingerprint density at radius 2 is 1.72 bits per heavy atom. The second-order valence-corrected chi connectivity index (χ2v) is 7.89. The number of ether oxygens (including phenoxy) is 1. The average Bonchev–Trinajstić information content (AvgIpc) is 2.68. The van der Waals surface area contributed by atoms with Gasteiger partial charge in [0.25, 0.3) is 5.91 Å². The third kappa shape index (κ3) is 7.03. The van der Waals surface area contributed by atoms with Crippen molar-refractivity contribution in [2.45, 2.75) is 26.7 Å². The van der Waals surface area contributed by atoms with Crippen LogP contribution in [0.25, 0.3) is 0 Å². The highest BCUT2D eigenvalue weighted by molar-refractivity contribution is 9.10. The summed E-state index contributed by atoms with van der Waals surface area (Å²) in [5.74, 6) is -1.51. The van der Waals surface area contributed by atoms with Crippen molar-refractivity contribution in [3.8, 4) is 0 Å². The number of rotatable bonds is 7. The zero-order valence-electron chi connectivity index (χ0n) is 15.8. The molecule has 0 radical (unpaired) electrons. The van der Waals surface area contributed by atoms with E-state index in [9.17, 15) is 14.4 Å². The smallest absolute Gasteiger partial charge is 0.306 e. The maximum absolute atomic E-state index is 12.0. The molecule has 2 aromatic rings. The number of hydrogen-bond acceptors (Lipinski definition) is 4. The molecule has 0 saturated carbocycles. The number of amides is 2. The van der Waals surface area contributed by atoms with Gasteiger partial charge in [0, 0.05) is 27.3 Å². The highest BCUT2D eigenvalue weighted by atomic mass is 79.9. The van der Waals surface area contributed by atoms with Crippen molar-refractivity contribution >= 4 is 68.3 Å². The van der Waals surface area contributed by atoms with Gasteiger partial charge in [0.1, 0.15) is 0 Å². The third-order valence-electron chi connectivity index (χ3n) is 3.99. The number of carbonyl (C=O) groups excluding carboxylic acids is 3. The molecule has 29 heavy (non-hydrogen) atoms. The van der Waals surface area contributed by atoms with Gasteiger partial charge < -0.3 is 15.4 Å². The van der Waals surface area contributed by atoms with Gasteiger partial charge in [0.15, 0.2) is 6.61 Å². The minimum absolute atomic E-state index is 0.0760. The number of hydrogen-bond donors (Lipinski definition) is 2. The van der Waals surface area contributed by atoms with E-state index in [1.807, 2.05) is 6.92 Å². The van der Waals surface area contributed by atoms with Gasteiger partial charge in [-0.3, -0.25) is 14.4 Å². The zero-order chi connectivity index (χ0) is 21.6. The van der Waals surface area contributed by atoms with Crippen LogP contribution in [0.4, 0.5) is 11.4 Å². The van der Waals surface area contributed by atoms with Gasteiger partial charge in [0.05, 0.1) is 11.4 Å². The van der Waals surface area contributed by atoms with Crippen molar-refractivity contribution in [3.05, 3.63) is 56.0 Å². The fourth-order valence-corrected chi connectivity index (χ4v) is 3.08. The molecule has 0 spiro atoms. The van der Waals surface area contributed by atoms with Gasteiger partial charge in [0.2, 0.25) is 5.91 Å². The molecule has 0 heterocycles. The molecule has 2 aromatic carbocycles. The van der Waals surface area contributed by atoms with Gasteiger partial charge in [-0.1, -0.05) is 29.3 Å². The molecule has 0 bridgehead atoms. The van der Waals surface area contributed by atoms with E-state index in [4.69, 9.17) is 27.9 Å². The van der Waals surface area contributed by atoms with Crippen LogP contribution < -0.4 is 10.6 Å². The molecule has 0 aromatic heterocycles. The fraction of sp³-hybridized carbons (Fsp3) is 0.250. The minimum Gasteiger partial charge on any atom is -0.456 e. The molecule has 2 N–H and O–H groups in total. The van der Waals surface area contributed by atoms with Crippen LogP contribution >= 0.6 is 39.1 Å². The molecule has 9 heteroatoms. The van der Waals surface area contributed by atoms with E-state index in [-0.39, 0.29) is 18.7 Å². The van der Waals surface area contributed by atoms with Crippen LogP contribution in [0.1, 0.15) is 24.0 Å². The van der Waals surface area contributed by atoms with Gasteiger partial charge in [-0.2, -0.15) is 0 Å². The second-order valence-electron chi connectivity index (χ2n) is 6.25. The maximum atomic E-state index is 12.0. The summed E-state index contributed by atoms with van der Waals surface area (Å²) >= 11 is 15.4. The van der Waals surface area contributed by atoms with Crippen molar-refractivity contribution < 1.29 is 19.1 Å². The molecule has 0 aliphatic carbocycles. The first-order chi connectivity index (χ1) is 13.7. The van der Waals surface area contributed by atoms with E-state index < -0.39 is 18.5 Å². The minimum atomic E-state index is -0.650. The lowest BCUT2D eigenvalue weighted by Crippen LogP contribution is -2.22. The molecule has 6 nitrogen and oxygen atoms in total. The highest BCUT2D eigenvalue weighted by Gasteiger charge is 2.13. The van der Waals surface area contributed by atoms with Crippen LogP contribution in [0.2, 0.25) is 10.0 Å². The quantitative estimate of drug-likeness (QED) is 0.506. The summed E-state index contributed by atoms with van der Waals surface area (Å²) in [6, 6.07) is 8.53. The first kappa shape index (κ1) is 23.2. The summed E-state index contributed by atoms with van der Waals surface area (Å²) in [7, 11) is 0. The summed E-state index contributed by atoms with van der Waals surface area (Å²) in [5, 5.41) is 6.30. The maximum Gasteiger partial charge on any atom is 0.306 e. The van der Waals surface area contributed by atoms with E-state index in [1.165, 1.54) is 0 Å². The highest BCUT2D eigenvalue weighted by Crippen LogP contribution is 2.30. The van der Waals surface area contributed by atoms with Crippen molar-refractivity contribution in [1.82, 2.24) is 0 Å². The van der Waals surface area contributed by atoms with Gasteiger partial charge >= 0.3 is 5.97 Å². The number of nitrogens with one attached hydrogen (secondary N) is 2. The Labute approximate surface area is 187 Å². The summed E-state index contributed by atoms with van der Waals surface area (Å²) in [6.45, 7) is 3.16. The number of carbonyl (C=O) groups is 3. The second kappa shape index (κ2) is 10.6. The lowest BCUT2D eigenvalue weighted by atomic mass is 10.2. The molecule has 154 valence electrons. The summed E-state index contributed by atoms with van der Waals surface area (Å²) in [5.41, 5.74) is 2.65. The zero-order valence-corrected chi connectivity index (χ0v) is 18.9. The van der Waals surface area contributed by atoms with Crippen LogP contribution in [0.15, 0.2) is 34.8 Å². The molecule has 0 aliphatic heterocycles. The molecule has 0 unspecified atom stereocenters. The van der Waals surface area contributed by atoms with Crippen LogP contribution in [0.3, 0.4) is 0 Å². The predicted octanol–water partition coefficient (Wildman–Crippen LogP) is 5.27. The van der Waals surface area contributed by atoms with Crippen molar-refractivity contribution in [1.29, 1.82) is 0 Å². The van der Waals surface area contributed by atoms with E-state index in [1.54, 1.807) is 37.3 Å². The molecule has 0 aliphatic rings. The topological polar surface area (TPSA) is 84.5 Å². The third-order valence-corrected chi connectivity index (χ3v) is 5.77. The Morgan fingerprint density at radius 1 is 1.00 bits per heavy atom. The number of anilines is 2. The Balaban J connectivity index is 1.75. The normalized spacial score (nSPS) is 10.4. The summed E-state index contributed by atoms with van der Waals surface area (Å²) < 4.78 is 5.63. The van der Waals surface area contributed by atoms with Crippen molar-refractivity contribution in [3.63, 3.8) is 0 Å². The first-order valence-corrected chi connectivity index (χ1v) is 10.2. The molecule has 0 saturated heterocycles. The van der Waals surface area contributed by atoms with Gasteiger partial charge in [-0.25, -0.2) is 0 Å². The number of halogens is 3. The SMILES string of the molecule is Cc1ccc(NC(=O)CCC(=O)OCC(=O)Nc2ccc(Br)c(Cl)c2C)cc1Cl. The Bertz CT molecular complexity index is 950. The number of aryl methyl sites for hydroxylation is 1. The standard InChI is InChI=1S/C20H19BrCl2N2O4/c1-11-3-4-13(9-15(11)22)24-17(26)7-8-19(28)29-10-18(27)25-16-6-5-14(21)20(23)12(16)2/h3-6,9H,7-8,10H2,1-2H3,(H,24,26)(H,25,27). The largest absolute Gasteiger partial charge is 0.456 e. The predicted molar refractivity (Wildman–Crippen MR) is 118 cm³/mol. The van der Waals surface area contributed by atoms with E-state index in [0.29, 0.717) is 31.5 Å². The average molecular weight is 502 g/mol. The van der Waals surface area contributed by atoms with Gasteiger partial charge in [-0.15, -0.1) is 0 Å². The first-order valence-electron chi connectivity index (χ1n) is 8.63. The molecule has 0 atom stereocenters. The van der Waals surface area contributed by atoms with Crippen molar-refractivity contribution in [2.24, 2.45) is 0 Å². The molecule has 0 fully saturated rings. The van der Waals surface area contributed by atoms with Gasteiger partial charge in [-0.05, 0) is 65.2 Å². The van der Waals surface area contributed by atoms with E-state index >= 15 is 0 Å². The van der Waals surface area contributed by atoms with Crippen LogP contribution in [-0.4, -0.2) is 24.4 Å². The lowest BCUT2D eigenvalue weighted by Gasteiger charge is -2.11. The number of esters is 1. The Hall–Kier alpha value is -2.09. The van der Waals surface area contributed by atoms with Crippen LogP contribution in [-0.2, 0) is 19.1 Å². The van der Waals surface area contributed by atoms with Crippen molar-refractivity contribution in [2.75, 3.05) is 17.2 Å². The summed E-state index contributed by atoms with van der Waals surface area (Å²) in [4.78, 5) is 35.7. The molecular formula is C20H19BrCl2N2O4. The Morgan fingerprint density at radius 3 is 2.41 bits per heavy atom. The van der Waals surface area contributed by atoms with E-state index in [2.05, 4.69) is 26.6 Å². The van der Waals surface area contributed by atoms with Crippen LogP contribution in [0.5, 0.6) is 0 Å². The van der Waals surface area contributed by atoms with E-state index in [0.717, 1.165) is 5.56 Å². The molecule has 2 rings (SSSR count). The fourth-order valence-electron chi connectivity index (χ4n) is 2.30. The van der Waals surface area contributed by atoms with Crippen LogP contribution in [0, 0.1) is 13.8 Å².